The van der Waals surface area contributed by atoms with Crippen molar-refractivity contribution in [3.05, 3.63) is 34.9 Å². The van der Waals surface area contributed by atoms with E-state index in [1.165, 1.54) is 0 Å². The van der Waals surface area contributed by atoms with Crippen LogP contribution in [0.2, 0.25) is 0 Å². The molecule has 3 aliphatic rings. The number of carbonyl (C=O) groups is 3. The van der Waals surface area contributed by atoms with E-state index in [-0.39, 0.29) is 52.8 Å². The van der Waals surface area contributed by atoms with Gasteiger partial charge in [0.25, 0.3) is 0 Å². The van der Waals surface area contributed by atoms with E-state index in [0.717, 1.165) is 57.8 Å². The summed E-state index contributed by atoms with van der Waals surface area (Å²) in [6, 6.07) is 4.65. The number of hydrogen-bond acceptors (Lipinski definition) is 6. The van der Waals surface area contributed by atoms with E-state index >= 15 is 0 Å². The van der Waals surface area contributed by atoms with Crippen LogP contribution >= 0.6 is 0 Å². The number of esters is 3. The Morgan fingerprint density at radius 1 is 0.489 bits per heavy atom. The Morgan fingerprint density at radius 2 is 0.733 bits per heavy atom. The number of carbonyl (C=O) groups excluding carboxylic acids is 3. The largest absolute Gasteiger partial charge is 0.458 e. The van der Waals surface area contributed by atoms with E-state index in [1.54, 1.807) is 18.2 Å². The first kappa shape index (κ1) is 35.5. The van der Waals surface area contributed by atoms with Gasteiger partial charge in [-0.2, -0.15) is 0 Å². The van der Waals surface area contributed by atoms with Crippen molar-refractivity contribution in [1.82, 2.24) is 0 Å². The van der Waals surface area contributed by atoms with Crippen LogP contribution in [0.15, 0.2) is 18.2 Å². The van der Waals surface area contributed by atoms with Crippen molar-refractivity contribution < 1.29 is 28.6 Å². The average Bonchev–Trinajstić information content (AvgIpc) is 2.96. The van der Waals surface area contributed by atoms with Crippen LogP contribution in [0.25, 0.3) is 0 Å². The molecule has 0 amide bonds. The Bertz CT molecular complexity index is 1010. The van der Waals surface area contributed by atoms with Gasteiger partial charge < -0.3 is 14.2 Å². The highest BCUT2D eigenvalue weighted by Crippen LogP contribution is 2.38. The molecule has 4 rings (SSSR count). The smallest absolute Gasteiger partial charge is 0.338 e. The highest BCUT2D eigenvalue weighted by Gasteiger charge is 2.37. The summed E-state index contributed by atoms with van der Waals surface area (Å²) in [5.41, 5.74) is 0.603. The van der Waals surface area contributed by atoms with E-state index in [9.17, 15) is 14.4 Å². The van der Waals surface area contributed by atoms with E-state index in [2.05, 4.69) is 62.3 Å². The number of benzene rings is 1. The highest BCUT2D eigenvalue weighted by atomic mass is 16.6. The molecule has 0 radical (unpaired) electrons. The molecule has 6 heteroatoms. The standard InChI is InChI=1S/C39H60O6/c1-22(2)31-13-10-25(7)16-34(31)43-37(40)28-19-29(38(41)44-35-17-26(8)11-14-32(35)23(3)4)21-30(20-28)39(42)45-36-18-27(9)12-15-33(36)24(5)6/h19-27,31-36H,10-18H2,1-9H3/t25-,26-,27-,31+,32+,33+,34-,35-,36-/m1/s1. The predicted octanol–water partition coefficient (Wildman–Crippen LogP) is 9.54. The Balaban J connectivity index is 1.63. The van der Waals surface area contributed by atoms with Crippen LogP contribution in [0.4, 0.5) is 0 Å². The fourth-order valence-electron chi connectivity index (χ4n) is 8.35. The Morgan fingerprint density at radius 3 is 0.956 bits per heavy atom. The fourth-order valence-corrected chi connectivity index (χ4v) is 8.35. The molecule has 9 atom stereocenters. The van der Waals surface area contributed by atoms with Crippen molar-refractivity contribution >= 4 is 17.9 Å². The van der Waals surface area contributed by atoms with Gasteiger partial charge in [-0.1, -0.05) is 81.6 Å². The van der Waals surface area contributed by atoms with Gasteiger partial charge in [0, 0.05) is 0 Å². The summed E-state index contributed by atoms with van der Waals surface area (Å²) in [5, 5.41) is 0. The molecule has 0 spiro atoms. The summed E-state index contributed by atoms with van der Waals surface area (Å²) in [7, 11) is 0. The van der Waals surface area contributed by atoms with E-state index in [4.69, 9.17) is 14.2 Å². The van der Waals surface area contributed by atoms with Crippen molar-refractivity contribution in [2.45, 2.75) is 138 Å². The zero-order valence-corrected chi connectivity index (χ0v) is 29.5. The number of hydrogen-bond donors (Lipinski definition) is 0. The molecule has 0 unspecified atom stereocenters. The molecular formula is C39H60O6. The normalized spacial score (nSPS) is 32.4. The Hall–Kier alpha value is -2.37. The lowest BCUT2D eigenvalue weighted by Gasteiger charge is -2.37. The molecular weight excluding hydrogens is 564 g/mol. The van der Waals surface area contributed by atoms with E-state index < -0.39 is 17.9 Å². The summed E-state index contributed by atoms with van der Waals surface area (Å²) in [5.74, 6) is 1.95. The summed E-state index contributed by atoms with van der Waals surface area (Å²) in [6.45, 7) is 19.7. The van der Waals surface area contributed by atoms with Gasteiger partial charge in [0.2, 0.25) is 0 Å². The van der Waals surface area contributed by atoms with Gasteiger partial charge in [-0.15, -0.1) is 0 Å². The summed E-state index contributed by atoms with van der Waals surface area (Å²) >= 11 is 0. The molecule has 3 fully saturated rings. The predicted molar refractivity (Wildman–Crippen MR) is 178 cm³/mol. The molecule has 1 aromatic rings. The second-order valence-corrected chi connectivity index (χ2v) is 16.1. The maximum Gasteiger partial charge on any atom is 0.338 e. The molecule has 3 saturated carbocycles. The summed E-state index contributed by atoms with van der Waals surface area (Å²) in [6.07, 6.45) is 8.31. The van der Waals surface area contributed by atoms with Gasteiger partial charge in [-0.25, -0.2) is 14.4 Å². The lowest BCUT2D eigenvalue weighted by atomic mass is 9.75. The summed E-state index contributed by atoms with van der Waals surface area (Å²) in [4.78, 5) is 41.3. The van der Waals surface area contributed by atoms with Gasteiger partial charge in [-0.3, -0.25) is 0 Å². The molecule has 1 aromatic carbocycles. The van der Waals surface area contributed by atoms with Gasteiger partial charge in [-0.05, 0) is 110 Å². The second kappa shape index (κ2) is 15.5. The monoisotopic (exact) mass is 624 g/mol. The SMILES string of the molecule is CC(C)[C@@H]1CC[C@@H](C)C[C@H]1OC(=O)c1cc(C(=O)O[C@@H]2C[C@H](C)CC[C@H]2C(C)C)cc(C(=O)O[C@@H]2C[C@H](C)CC[C@H]2C(C)C)c1. The quantitative estimate of drug-likeness (QED) is 0.201. The van der Waals surface area contributed by atoms with E-state index in [0.29, 0.717) is 35.5 Å². The third-order valence-electron chi connectivity index (χ3n) is 11.3. The zero-order valence-electron chi connectivity index (χ0n) is 29.5. The van der Waals surface area contributed by atoms with Gasteiger partial charge in [0.15, 0.2) is 0 Å². The van der Waals surface area contributed by atoms with Crippen molar-refractivity contribution in [3.8, 4) is 0 Å². The summed E-state index contributed by atoms with van der Waals surface area (Å²) < 4.78 is 18.5. The van der Waals surface area contributed by atoms with Crippen LogP contribution < -0.4 is 0 Å². The molecule has 3 aliphatic carbocycles. The number of ether oxygens (including phenoxy) is 3. The lowest BCUT2D eigenvalue weighted by Crippen LogP contribution is -2.36. The lowest BCUT2D eigenvalue weighted by molar-refractivity contribution is -0.0175. The first-order valence-corrected chi connectivity index (χ1v) is 18.0. The van der Waals surface area contributed by atoms with Crippen LogP contribution in [0.5, 0.6) is 0 Å². The average molecular weight is 625 g/mol. The third-order valence-corrected chi connectivity index (χ3v) is 11.3. The Labute approximate surface area is 272 Å². The fraction of sp³-hybridized carbons (Fsp3) is 0.769. The topological polar surface area (TPSA) is 78.9 Å². The van der Waals surface area contributed by atoms with Gasteiger partial charge in [0.1, 0.15) is 18.3 Å². The Kier molecular flexibility index (Phi) is 12.2. The molecule has 252 valence electrons. The minimum absolute atomic E-state index is 0.196. The van der Waals surface area contributed by atoms with Gasteiger partial charge in [0.05, 0.1) is 16.7 Å². The maximum absolute atomic E-state index is 13.8. The van der Waals surface area contributed by atoms with E-state index in [1.807, 2.05) is 0 Å². The molecule has 0 bridgehead atoms. The van der Waals surface area contributed by atoms with Crippen molar-refractivity contribution in [2.75, 3.05) is 0 Å². The molecule has 45 heavy (non-hydrogen) atoms. The van der Waals surface area contributed by atoms with Crippen LogP contribution in [-0.4, -0.2) is 36.2 Å². The minimum Gasteiger partial charge on any atom is -0.458 e. The first-order valence-electron chi connectivity index (χ1n) is 18.0. The van der Waals surface area contributed by atoms with Crippen molar-refractivity contribution in [2.24, 2.45) is 53.3 Å². The zero-order chi connectivity index (χ0) is 33.0. The third kappa shape index (κ3) is 9.13. The number of rotatable bonds is 9. The molecule has 0 N–H and O–H groups in total. The van der Waals surface area contributed by atoms with Crippen molar-refractivity contribution in [1.29, 1.82) is 0 Å². The first-order chi connectivity index (χ1) is 21.2. The molecule has 0 aromatic heterocycles. The van der Waals surface area contributed by atoms with Crippen LogP contribution in [0.1, 0.15) is 151 Å². The second-order valence-electron chi connectivity index (χ2n) is 16.1. The molecule has 0 aliphatic heterocycles. The molecule has 6 nitrogen and oxygen atoms in total. The van der Waals surface area contributed by atoms with Crippen LogP contribution in [-0.2, 0) is 14.2 Å². The highest BCUT2D eigenvalue weighted by molar-refractivity contribution is 6.00. The van der Waals surface area contributed by atoms with Crippen LogP contribution in [0, 0.1) is 53.3 Å². The minimum atomic E-state index is -0.499. The van der Waals surface area contributed by atoms with Crippen molar-refractivity contribution in [3.63, 3.8) is 0 Å². The molecule has 0 saturated heterocycles. The van der Waals surface area contributed by atoms with Crippen LogP contribution in [0.3, 0.4) is 0 Å². The maximum atomic E-state index is 13.8. The van der Waals surface area contributed by atoms with Gasteiger partial charge >= 0.3 is 17.9 Å². The molecule has 0 heterocycles.